The second kappa shape index (κ2) is 12.7. The number of nitrogens with zero attached hydrogens (tertiary/aromatic N) is 7. The molecule has 0 saturated carbocycles. The monoisotopic (exact) mass is 697 g/mol. The Balaban J connectivity index is 1.05. The van der Waals surface area contributed by atoms with Gasteiger partial charge in [-0.3, -0.25) is 9.97 Å². The van der Waals surface area contributed by atoms with E-state index in [0.29, 0.717) is 11.8 Å². The van der Waals surface area contributed by atoms with Gasteiger partial charge in [-0.15, -0.1) is 10.2 Å². The van der Waals surface area contributed by atoms with Crippen molar-refractivity contribution in [1.82, 2.24) is 34.9 Å². The molecule has 2 aliphatic carbocycles. The van der Waals surface area contributed by atoms with Gasteiger partial charge >= 0.3 is 0 Å². The lowest BCUT2D eigenvalue weighted by Gasteiger charge is -2.29. The first-order valence-corrected chi connectivity index (χ1v) is 18.3. The van der Waals surface area contributed by atoms with Crippen LogP contribution in [0.1, 0.15) is 30.9 Å². The van der Waals surface area contributed by atoms with Gasteiger partial charge < -0.3 is 0 Å². The summed E-state index contributed by atoms with van der Waals surface area (Å²) < 4.78 is 0. The van der Waals surface area contributed by atoms with Crippen molar-refractivity contribution in [2.45, 2.75) is 25.2 Å². The van der Waals surface area contributed by atoms with E-state index in [1.54, 1.807) is 17.2 Å². The molecule has 5 aromatic heterocycles. The second-order valence-corrected chi connectivity index (χ2v) is 14.5. The molecule has 7 heteroatoms. The SMILES string of the molecule is CC1(C)c2cc(-c3ccc(-n4nc5cc(-c6cccc(-c7ccccn7)n6)cc(-c6cccc(-c7ccccn7)n6)c5n4)cc3)ccc2C2C=CC=CC21. The van der Waals surface area contributed by atoms with Gasteiger partial charge in [-0.1, -0.05) is 92.7 Å². The van der Waals surface area contributed by atoms with Gasteiger partial charge in [0.25, 0.3) is 0 Å². The molecule has 0 N–H and O–H groups in total. The highest BCUT2D eigenvalue weighted by Crippen LogP contribution is 2.53. The van der Waals surface area contributed by atoms with Crippen LogP contribution in [0.4, 0.5) is 0 Å². The molecule has 0 saturated heterocycles. The van der Waals surface area contributed by atoms with Crippen molar-refractivity contribution in [3.63, 3.8) is 0 Å². The smallest absolute Gasteiger partial charge is 0.123 e. The molecule has 8 aromatic rings. The Kier molecular flexibility index (Phi) is 7.47. The lowest BCUT2D eigenvalue weighted by molar-refractivity contribution is 0.394. The standard InChI is InChI=1S/C47H35N7/c1-47(2)37-12-4-3-11-34(37)35-24-21-31(28-38(35)47)30-19-22-33(23-20-30)54-52-45-29-32(39-15-9-17-43(50-39)41-13-5-7-25-48-41)27-36(46(45)53-54)40-16-10-18-44(51-40)42-14-6-8-26-49-42/h3-29,34,37H,1-2H3. The van der Waals surface area contributed by atoms with Crippen molar-refractivity contribution in [1.29, 1.82) is 0 Å². The number of hydrogen-bond donors (Lipinski definition) is 0. The van der Waals surface area contributed by atoms with E-state index in [0.717, 1.165) is 67.6 Å². The molecule has 7 nitrogen and oxygen atoms in total. The molecule has 0 amide bonds. The molecule has 0 aliphatic heterocycles. The van der Waals surface area contributed by atoms with Gasteiger partial charge in [0, 0.05) is 29.4 Å². The van der Waals surface area contributed by atoms with Gasteiger partial charge in [-0.2, -0.15) is 4.80 Å². The van der Waals surface area contributed by atoms with Gasteiger partial charge in [-0.25, -0.2) is 9.97 Å². The van der Waals surface area contributed by atoms with Gasteiger partial charge in [0.2, 0.25) is 0 Å². The Hall–Kier alpha value is -6.86. The minimum atomic E-state index is 0.0636. The molecular weight excluding hydrogens is 663 g/mol. The highest BCUT2D eigenvalue weighted by molar-refractivity contribution is 5.94. The third-order valence-electron chi connectivity index (χ3n) is 10.9. The summed E-state index contributed by atoms with van der Waals surface area (Å²) in [5.74, 6) is 0.920. The Labute approximate surface area is 313 Å². The summed E-state index contributed by atoms with van der Waals surface area (Å²) in [5, 5.41) is 10.1. The van der Waals surface area contributed by atoms with Crippen molar-refractivity contribution >= 4 is 11.0 Å². The lowest BCUT2D eigenvalue weighted by atomic mass is 9.74. The minimum absolute atomic E-state index is 0.0636. The fourth-order valence-corrected chi connectivity index (χ4v) is 8.12. The third-order valence-corrected chi connectivity index (χ3v) is 10.9. The molecule has 2 aliphatic rings. The van der Waals surface area contributed by atoms with E-state index >= 15 is 0 Å². The van der Waals surface area contributed by atoms with Crippen LogP contribution in [0.25, 0.3) is 73.1 Å². The Morgan fingerprint density at radius 1 is 0.537 bits per heavy atom. The topological polar surface area (TPSA) is 82.3 Å². The van der Waals surface area contributed by atoms with E-state index in [1.807, 2.05) is 72.8 Å². The number of allylic oxidation sites excluding steroid dienone is 4. The maximum atomic E-state index is 5.08. The van der Waals surface area contributed by atoms with E-state index in [9.17, 15) is 0 Å². The van der Waals surface area contributed by atoms with Crippen LogP contribution < -0.4 is 0 Å². The number of pyridine rings is 4. The zero-order valence-corrected chi connectivity index (χ0v) is 29.9. The van der Waals surface area contributed by atoms with E-state index in [2.05, 4.69) is 103 Å². The predicted octanol–water partition coefficient (Wildman–Crippen LogP) is 10.5. The molecule has 10 rings (SSSR count). The van der Waals surface area contributed by atoms with Crippen LogP contribution in [0.5, 0.6) is 0 Å². The molecule has 0 spiro atoms. The molecule has 0 fully saturated rings. The van der Waals surface area contributed by atoms with Crippen molar-refractivity contribution in [3.8, 4) is 62.1 Å². The van der Waals surface area contributed by atoms with Gasteiger partial charge in [-0.05, 0) is 106 Å². The van der Waals surface area contributed by atoms with E-state index in [1.165, 1.54) is 16.7 Å². The summed E-state index contributed by atoms with van der Waals surface area (Å²) in [6, 6.07) is 43.3. The number of benzene rings is 3. The van der Waals surface area contributed by atoms with Crippen LogP contribution in [-0.2, 0) is 5.41 Å². The lowest BCUT2D eigenvalue weighted by Crippen LogP contribution is -2.24. The molecular formula is C47H35N7. The molecule has 5 heterocycles. The Bertz CT molecular complexity index is 2750. The number of fused-ring (bicyclic) bond motifs is 4. The molecule has 0 radical (unpaired) electrons. The highest BCUT2D eigenvalue weighted by Gasteiger charge is 2.44. The van der Waals surface area contributed by atoms with E-state index in [4.69, 9.17) is 20.2 Å². The maximum Gasteiger partial charge on any atom is 0.123 e. The summed E-state index contributed by atoms with van der Waals surface area (Å²) in [5.41, 5.74) is 14.2. The summed E-state index contributed by atoms with van der Waals surface area (Å²) >= 11 is 0. The van der Waals surface area contributed by atoms with Crippen molar-refractivity contribution < 1.29 is 0 Å². The molecule has 2 unspecified atom stereocenters. The number of aromatic nitrogens is 7. The second-order valence-electron chi connectivity index (χ2n) is 14.5. The van der Waals surface area contributed by atoms with Gasteiger partial charge in [0.05, 0.1) is 39.9 Å². The van der Waals surface area contributed by atoms with E-state index < -0.39 is 0 Å². The fraction of sp³-hybridized carbons (Fsp3) is 0.106. The minimum Gasteiger partial charge on any atom is -0.255 e. The number of hydrogen-bond acceptors (Lipinski definition) is 6. The average Bonchev–Trinajstić information content (AvgIpc) is 3.77. The van der Waals surface area contributed by atoms with Crippen molar-refractivity contribution in [2.24, 2.45) is 5.92 Å². The number of rotatable bonds is 6. The van der Waals surface area contributed by atoms with Gasteiger partial charge in [0.1, 0.15) is 11.0 Å². The Morgan fingerprint density at radius 3 is 1.91 bits per heavy atom. The first-order chi connectivity index (χ1) is 26.5. The van der Waals surface area contributed by atoms with Crippen LogP contribution in [0, 0.1) is 5.92 Å². The zero-order valence-electron chi connectivity index (χ0n) is 29.9. The van der Waals surface area contributed by atoms with Crippen LogP contribution >= 0.6 is 0 Å². The first-order valence-electron chi connectivity index (χ1n) is 18.3. The Morgan fingerprint density at radius 2 is 1.19 bits per heavy atom. The molecule has 258 valence electrons. The van der Waals surface area contributed by atoms with E-state index in [-0.39, 0.29) is 5.41 Å². The van der Waals surface area contributed by atoms with Gasteiger partial charge in [0.15, 0.2) is 0 Å². The largest absolute Gasteiger partial charge is 0.255 e. The average molecular weight is 698 g/mol. The fourth-order valence-electron chi connectivity index (χ4n) is 8.12. The quantitative estimate of drug-likeness (QED) is 0.172. The molecule has 0 bridgehead atoms. The molecule has 3 aromatic carbocycles. The third kappa shape index (κ3) is 5.44. The van der Waals surface area contributed by atoms with Crippen LogP contribution in [0.3, 0.4) is 0 Å². The molecule has 54 heavy (non-hydrogen) atoms. The summed E-state index contributed by atoms with van der Waals surface area (Å²) in [7, 11) is 0. The highest BCUT2D eigenvalue weighted by atomic mass is 15.5. The van der Waals surface area contributed by atoms with Crippen molar-refractivity contribution in [2.75, 3.05) is 0 Å². The van der Waals surface area contributed by atoms with Crippen LogP contribution in [-0.4, -0.2) is 34.9 Å². The van der Waals surface area contributed by atoms with Crippen molar-refractivity contribution in [3.05, 3.63) is 175 Å². The zero-order chi connectivity index (χ0) is 36.2. The normalized spacial score (nSPS) is 16.7. The summed E-state index contributed by atoms with van der Waals surface area (Å²) in [6.45, 7) is 4.75. The summed E-state index contributed by atoms with van der Waals surface area (Å²) in [4.78, 5) is 20.9. The summed E-state index contributed by atoms with van der Waals surface area (Å²) in [6.07, 6.45) is 12.7. The van der Waals surface area contributed by atoms with Crippen LogP contribution in [0.15, 0.2) is 164 Å². The first kappa shape index (κ1) is 31.8. The maximum absolute atomic E-state index is 5.08. The van der Waals surface area contributed by atoms with Crippen LogP contribution in [0.2, 0.25) is 0 Å². The molecule has 2 atom stereocenters. The predicted molar refractivity (Wildman–Crippen MR) is 215 cm³/mol.